The van der Waals surface area contributed by atoms with Gasteiger partial charge in [-0.1, -0.05) is 19.9 Å². The molecule has 24 heavy (non-hydrogen) atoms. The summed E-state index contributed by atoms with van der Waals surface area (Å²) in [5, 5.41) is 3.14. The standard InChI is InChI=1S/C18H26N4O2/c1-12(2)17(21-16(23)11-22-6-8-24-9-7-22)18-19-14-5-4-13(3)10-15(14)20-18/h4-5,10,12,17H,6-9,11H2,1-3H3,(H,19,20)(H,21,23)/t17-/m0/s1. The number of aromatic amines is 1. The van der Waals surface area contributed by atoms with Crippen LogP contribution in [-0.2, 0) is 9.53 Å². The Kier molecular flexibility index (Phi) is 5.16. The van der Waals surface area contributed by atoms with Gasteiger partial charge < -0.3 is 15.0 Å². The van der Waals surface area contributed by atoms with Crippen LogP contribution in [0.4, 0.5) is 0 Å². The third-order valence-electron chi connectivity index (χ3n) is 4.40. The van der Waals surface area contributed by atoms with E-state index in [-0.39, 0.29) is 17.9 Å². The number of ether oxygens (including phenoxy) is 1. The fourth-order valence-electron chi connectivity index (χ4n) is 3.02. The van der Waals surface area contributed by atoms with E-state index in [0.717, 1.165) is 29.9 Å². The number of carbonyl (C=O) groups excluding carboxylic acids is 1. The molecule has 1 aromatic heterocycles. The Morgan fingerprint density at radius 1 is 1.38 bits per heavy atom. The van der Waals surface area contributed by atoms with Crippen molar-refractivity contribution in [2.75, 3.05) is 32.8 Å². The predicted octanol–water partition coefficient (Wildman–Crippen LogP) is 2.02. The average Bonchev–Trinajstić information content (AvgIpc) is 2.96. The van der Waals surface area contributed by atoms with Crippen molar-refractivity contribution in [1.29, 1.82) is 0 Å². The molecule has 6 nitrogen and oxygen atoms in total. The highest BCUT2D eigenvalue weighted by Gasteiger charge is 2.23. The van der Waals surface area contributed by atoms with Gasteiger partial charge in [0.25, 0.3) is 0 Å². The average molecular weight is 330 g/mol. The van der Waals surface area contributed by atoms with Gasteiger partial charge in [0.15, 0.2) is 0 Å². The molecule has 130 valence electrons. The lowest BCUT2D eigenvalue weighted by molar-refractivity contribution is -0.124. The molecule has 1 aliphatic heterocycles. The summed E-state index contributed by atoms with van der Waals surface area (Å²) in [4.78, 5) is 22.6. The number of fused-ring (bicyclic) bond motifs is 1. The highest BCUT2D eigenvalue weighted by Crippen LogP contribution is 2.22. The summed E-state index contributed by atoms with van der Waals surface area (Å²) in [5.41, 5.74) is 3.14. The van der Waals surface area contributed by atoms with Crippen molar-refractivity contribution >= 4 is 16.9 Å². The number of aromatic nitrogens is 2. The quantitative estimate of drug-likeness (QED) is 0.880. The van der Waals surface area contributed by atoms with Crippen LogP contribution in [0.5, 0.6) is 0 Å². The van der Waals surface area contributed by atoms with Crippen molar-refractivity contribution in [3.05, 3.63) is 29.6 Å². The van der Waals surface area contributed by atoms with Crippen molar-refractivity contribution in [2.45, 2.75) is 26.8 Å². The Hall–Kier alpha value is -1.92. The van der Waals surface area contributed by atoms with Crippen molar-refractivity contribution in [3.8, 4) is 0 Å². The summed E-state index contributed by atoms with van der Waals surface area (Å²) in [6.45, 7) is 9.67. The number of nitrogens with zero attached hydrogens (tertiary/aromatic N) is 2. The number of hydrogen-bond acceptors (Lipinski definition) is 4. The molecule has 1 atom stereocenters. The molecule has 2 aromatic rings. The highest BCUT2D eigenvalue weighted by molar-refractivity contribution is 5.79. The normalized spacial score (nSPS) is 17.3. The van der Waals surface area contributed by atoms with Gasteiger partial charge in [-0.15, -0.1) is 0 Å². The number of morpholine rings is 1. The Morgan fingerprint density at radius 3 is 2.83 bits per heavy atom. The number of H-pyrrole nitrogens is 1. The number of carbonyl (C=O) groups is 1. The monoisotopic (exact) mass is 330 g/mol. The molecule has 2 heterocycles. The van der Waals surface area contributed by atoms with E-state index >= 15 is 0 Å². The molecule has 1 fully saturated rings. The van der Waals surface area contributed by atoms with Gasteiger partial charge in [-0.05, 0) is 30.5 Å². The minimum Gasteiger partial charge on any atom is -0.379 e. The van der Waals surface area contributed by atoms with Crippen LogP contribution in [0.15, 0.2) is 18.2 Å². The zero-order chi connectivity index (χ0) is 17.1. The number of rotatable bonds is 5. The second-order valence-electron chi connectivity index (χ2n) is 6.82. The van der Waals surface area contributed by atoms with Gasteiger partial charge in [0.05, 0.1) is 36.8 Å². The maximum Gasteiger partial charge on any atom is 0.234 e. The van der Waals surface area contributed by atoms with Crippen molar-refractivity contribution in [1.82, 2.24) is 20.2 Å². The summed E-state index contributed by atoms with van der Waals surface area (Å²) in [7, 11) is 0. The Labute approximate surface area is 142 Å². The topological polar surface area (TPSA) is 70.2 Å². The van der Waals surface area contributed by atoms with Crippen LogP contribution in [0, 0.1) is 12.8 Å². The van der Waals surface area contributed by atoms with Crippen molar-refractivity contribution in [2.24, 2.45) is 5.92 Å². The lowest BCUT2D eigenvalue weighted by Crippen LogP contribution is -2.44. The lowest BCUT2D eigenvalue weighted by atomic mass is 10.0. The first-order valence-electron chi connectivity index (χ1n) is 8.58. The van der Waals surface area contributed by atoms with Gasteiger partial charge in [-0.2, -0.15) is 0 Å². The zero-order valence-corrected chi connectivity index (χ0v) is 14.6. The molecule has 0 unspecified atom stereocenters. The maximum atomic E-state index is 12.4. The van der Waals surface area contributed by atoms with E-state index in [1.54, 1.807) is 0 Å². The molecule has 2 N–H and O–H groups in total. The molecule has 0 spiro atoms. The number of imidazole rings is 1. The molecule has 1 saturated heterocycles. The van der Waals surface area contributed by atoms with Crippen LogP contribution >= 0.6 is 0 Å². The fraction of sp³-hybridized carbons (Fsp3) is 0.556. The number of nitrogens with one attached hydrogen (secondary N) is 2. The van der Waals surface area contributed by atoms with Gasteiger partial charge in [-0.3, -0.25) is 9.69 Å². The first-order chi connectivity index (χ1) is 11.5. The van der Waals surface area contributed by atoms with Gasteiger partial charge in [0.2, 0.25) is 5.91 Å². The van der Waals surface area contributed by atoms with E-state index in [2.05, 4.69) is 47.0 Å². The number of aryl methyl sites for hydroxylation is 1. The SMILES string of the molecule is Cc1ccc2nc([C@@H](NC(=O)CN3CCOCC3)C(C)C)[nH]c2c1. The minimum absolute atomic E-state index is 0.0345. The fourth-order valence-corrected chi connectivity index (χ4v) is 3.02. The third kappa shape index (κ3) is 3.94. The molecule has 1 amide bonds. The van der Waals surface area contributed by atoms with Crippen LogP contribution in [0.25, 0.3) is 11.0 Å². The molecular weight excluding hydrogens is 304 g/mol. The van der Waals surface area contributed by atoms with Gasteiger partial charge in [0, 0.05) is 13.1 Å². The van der Waals surface area contributed by atoms with E-state index in [4.69, 9.17) is 4.74 Å². The van der Waals surface area contributed by atoms with Crippen LogP contribution < -0.4 is 5.32 Å². The Morgan fingerprint density at radius 2 is 2.12 bits per heavy atom. The molecular formula is C18H26N4O2. The molecule has 0 aliphatic carbocycles. The molecule has 0 bridgehead atoms. The number of amides is 1. The molecule has 0 saturated carbocycles. The Balaban J connectivity index is 1.72. The smallest absolute Gasteiger partial charge is 0.234 e. The Bertz CT molecular complexity index is 704. The van der Waals surface area contributed by atoms with E-state index in [1.165, 1.54) is 5.56 Å². The molecule has 6 heteroatoms. The van der Waals surface area contributed by atoms with Crippen LogP contribution in [0.2, 0.25) is 0 Å². The van der Waals surface area contributed by atoms with E-state index in [0.29, 0.717) is 19.8 Å². The van der Waals surface area contributed by atoms with E-state index < -0.39 is 0 Å². The molecule has 1 aliphatic rings. The minimum atomic E-state index is -0.119. The highest BCUT2D eigenvalue weighted by atomic mass is 16.5. The molecule has 0 radical (unpaired) electrons. The number of benzene rings is 1. The summed E-state index contributed by atoms with van der Waals surface area (Å²) < 4.78 is 5.32. The van der Waals surface area contributed by atoms with E-state index in [9.17, 15) is 4.79 Å². The predicted molar refractivity (Wildman–Crippen MR) is 93.8 cm³/mol. The van der Waals surface area contributed by atoms with Crippen molar-refractivity contribution in [3.63, 3.8) is 0 Å². The van der Waals surface area contributed by atoms with Crippen LogP contribution in [-0.4, -0.2) is 53.6 Å². The number of hydrogen-bond donors (Lipinski definition) is 2. The second kappa shape index (κ2) is 7.32. The molecule has 3 rings (SSSR count). The third-order valence-corrected chi connectivity index (χ3v) is 4.40. The maximum absolute atomic E-state index is 12.4. The summed E-state index contributed by atoms with van der Waals surface area (Å²) in [6.07, 6.45) is 0. The van der Waals surface area contributed by atoms with Gasteiger partial charge >= 0.3 is 0 Å². The van der Waals surface area contributed by atoms with Gasteiger partial charge in [-0.25, -0.2) is 4.98 Å². The summed E-state index contributed by atoms with van der Waals surface area (Å²) >= 11 is 0. The van der Waals surface area contributed by atoms with E-state index in [1.807, 2.05) is 12.1 Å². The largest absolute Gasteiger partial charge is 0.379 e. The van der Waals surface area contributed by atoms with Crippen molar-refractivity contribution < 1.29 is 9.53 Å². The summed E-state index contributed by atoms with van der Waals surface area (Å²) in [5.74, 6) is 1.11. The zero-order valence-electron chi connectivity index (χ0n) is 14.6. The summed E-state index contributed by atoms with van der Waals surface area (Å²) in [6, 6.07) is 6.02. The first-order valence-corrected chi connectivity index (χ1v) is 8.58. The van der Waals surface area contributed by atoms with Crippen LogP contribution in [0.1, 0.15) is 31.3 Å². The van der Waals surface area contributed by atoms with Gasteiger partial charge in [0.1, 0.15) is 5.82 Å². The van der Waals surface area contributed by atoms with Crippen LogP contribution in [0.3, 0.4) is 0 Å². The lowest BCUT2D eigenvalue weighted by Gasteiger charge is -2.27. The first kappa shape index (κ1) is 16.9. The molecule has 1 aromatic carbocycles. The second-order valence-corrected chi connectivity index (χ2v) is 6.82.